The highest BCUT2D eigenvalue weighted by atomic mass is 16.5. The largest absolute Gasteiger partial charge is 0.497 e. The number of carbonyl (C=O) groups excluding carboxylic acids is 3. The lowest BCUT2D eigenvalue weighted by molar-refractivity contribution is -0.139. The molecule has 1 heterocycles. The van der Waals surface area contributed by atoms with E-state index in [0.29, 0.717) is 56.1 Å². The Bertz CT molecular complexity index is 739. The minimum Gasteiger partial charge on any atom is -0.497 e. The van der Waals surface area contributed by atoms with Gasteiger partial charge in [0.25, 0.3) is 5.91 Å². The molecule has 9 nitrogen and oxygen atoms in total. The van der Waals surface area contributed by atoms with E-state index in [1.54, 1.807) is 37.3 Å². The van der Waals surface area contributed by atoms with Crippen LogP contribution in [0.5, 0.6) is 11.5 Å². The maximum Gasteiger partial charge on any atom is 0.254 e. The predicted molar refractivity (Wildman–Crippen MR) is 115 cm³/mol. The Morgan fingerprint density at radius 1 is 1.06 bits per heavy atom. The summed E-state index contributed by atoms with van der Waals surface area (Å²) in [6, 6.07) is 5.08. The minimum absolute atomic E-state index is 0.0224. The Balaban J connectivity index is 1.85. The zero-order chi connectivity index (χ0) is 22.8. The molecule has 31 heavy (non-hydrogen) atoms. The van der Waals surface area contributed by atoms with Crippen LogP contribution in [0.25, 0.3) is 0 Å². The quantitative estimate of drug-likeness (QED) is 0.554. The summed E-state index contributed by atoms with van der Waals surface area (Å²) in [6.45, 7) is 2.07. The summed E-state index contributed by atoms with van der Waals surface area (Å²) in [6.07, 6.45) is 1.85. The van der Waals surface area contributed by atoms with Gasteiger partial charge >= 0.3 is 0 Å². The molecule has 1 aliphatic rings. The first-order valence-electron chi connectivity index (χ1n) is 10.4. The smallest absolute Gasteiger partial charge is 0.254 e. The summed E-state index contributed by atoms with van der Waals surface area (Å²) in [5.41, 5.74) is 0.489. The average Bonchev–Trinajstić information content (AvgIpc) is 2.80. The predicted octanol–water partition coefficient (Wildman–Crippen LogP) is 1.17. The van der Waals surface area contributed by atoms with Crippen LogP contribution in [-0.2, 0) is 14.3 Å². The fourth-order valence-electron chi connectivity index (χ4n) is 3.55. The fraction of sp³-hybridized carbons (Fsp3) is 0.591. The highest BCUT2D eigenvalue weighted by molar-refractivity contribution is 5.95. The second kappa shape index (κ2) is 12.1. The van der Waals surface area contributed by atoms with E-state index in [1.807, 2.05) is 0 Å². The zero-order valence-corrected chi connectivity index (χ0v) is 18.8. The number of methoxy groups -OCH3 is 3. The topological polar surface area (TPSA) is 97.4 Å². The Kier molecular flexibility index (Phi) is 9.58. The summed E-state index contributed by atoms with van der Waals surface area (Å²) in [4.78, 5) is 40.8. The number of rotatable bonds is 10. The number of likely N-dealkylation sites (N-methyl/N-ethyl adjacent to an activating group) is 1. The summed E-state index contributed by atoms with van der Waals surface area (Å²) in [5, 5.41) is 2.78. The molecule has 1 aromatic rings. The van der Waals surface area contributed by atoms with E-state index in [0.717, 1.165) is 6.42 Å². The number of carbonyl (C=O) groups is 3. The summed E-state index contributed by atoms with van der Waals surface area (Å²) in [7, 11) is 6.32. The van der Waals surface area contributed by atoms with Gasteiger partial charge in [0.2, 0.25) is 11.8 Å². The molecule has 1 aliphatic heterocycles. The molecule has 0 atom stereocenters. The first-order valence-corrected chi connectivity index (χ1v) is 10.4. The number of benzene rings is 1. The van der Waals surface area contributed by atoms with Crippen LogP contribution in [0.3, 0.4) is 0 Å². The van der Waals surface area contributed by atoms with Crippen LogP contribution in [0.1, 0.15) is 29.6 Å². The monoisotopic (exact) mass is 435 g/mol. The molecule has 2 rings (SSSR count). The molecule has 172 valence electrons. The van der Waals surface area contributed by atoms with Crippen molar-refractivity contribution in [1.82, 2.24) is 15.1 Å². The molecule has 1 fully saturated rings. The van der Waals surface area contributed by atoms with E-state index in [-0.39, 0.29) is 30.2 Å². The maximum atomic E-state index is 12.9. The van der Waals surface area contributed by atoms with Crippen molar-refractivity contribution in [3.05, 3.63) is 23.8 Å². The van der Waals surface area contributed by atoms with E-state index in [2.05, 4.69) is 5.32 Å². The van der Waals surface area contributed by atoms with Crippen molar-refractivity contribution in [1.29, 1.82) is 0 Å². The molecule has 0 radical (unpaired) electrons. The van der Waals surface area contributed by atoms with Crippen LogP contribution in [0.2, 0.25) is 0 Å². The van der Waals surface area contributed by atoms with Gasteiger partial charge < -0.3 is 29.3 Å². The van der Waals surface area contributed by atoms with Gasteiger partial charge in [0.1, 0.15) is 11.5 Å². The molecule has 0 unspecified atom stereocenters. The number of likely N-dealkylation sites (tertiary alicyclic amines) is 1. The molecule has 0 spiro atoms. The van der Waals surface area contributed by atoms with Crippen LogP contribution in [0.4, 0.5) is 0 Å². The summed E-state index contributed by atoms with van der Waals surface area (Å²) < 4.78 is 15.4. The van der Waals surface area contributed by atoms with Crippen molar-refractivity contribution in [2.24, 2.45) is 5.92 Å². The van der Waals surface area contributed by atoms with Crippen molar-refractivity contribution in [3.63, 3.8) is 0 Å². The van der Waals surface area contributed by atoms with Gasteiger partial charge in [-0.3, -0.25) is 14.4 Å². The average molecular weight is 436 g/mol. The molecule has 1 aromatic carbocycles. The molecule has 1 N–H and O–H groups in total. The Hall–Kier alpha value is -2.81. The van der Waals surface area contributed by atoms with Gasteiger partial charge in [-0.05, 0) is 31.4 Å². The third-order valence-electron chi connectivity index (χ3n) is 5.33. The Morgan fingerprint density at radius 3 is 2.23 bits per heavy atom. The van der Waals surface area contributed by atoms with Gasteiger partial charge in [-0.2, -0.15) is 0 Å². The van der Waals surface area contributed by atoms with Crippen molar-refractivity contribution in [3.8, 4) is 11.5 Å². The molecular formula is C22H33N3O6. The molecule has 0 aromatic heterocycles. The molecular weight excluding hydrogens is 402 g/mol. The molecule has 3 amide bonds. The van der Waals surface area contributed by atoms with Gasteiger partial charge in [-0.15, -0.1) is 0 Å². The number of ether oxygens (including phenoxy) is 3. The minimum atomic E-state index is -0.199. The van der Waals surface area contributed by atoms with Gasteiger partial charge in [0, 0.05) is 57.9 Å². The van der Waals surface area contributed by atoms with Gasteiger partial charge in [-0.25, -0.2) is 0 Å². The highest BCUT2D eigenvalue weighted by Gasteiger charge is 2.30. The third-order valence-corrected chi connectivity index (χ3v) is 5.33. The van der Waals surface area contributed by atoms with E-state index >= 15 is 0 Å². The number of hydrogen-bond acceptors (Lipinski definition) is 6. The standard InChI is InChI=1S/C22H33N3O6/c1-24(15-20(26)23-8-5-11-29-2)21(27)16-6-9-25(10-7-16)22(28)17-12-18(30-3)14-19(13-17)31-4/h12-14,16H,5-11,15H2,1-4H3,(H,23,26). The molecule has 9 heteroatoms. The summed E-state index contributed by atoms with van der Waals surface area (Å²) >= 11 is 0. The molecule has 0 saturated carbocycles. The number of piperidine rings is 1. The number of nitrogens with zero attached hydrogens (tertiary/aromatic N) is 2. The lowest BCUT2D eigenvalue weighted by Gasteiger charge is -2.33. The van der Waals surface area contributed by atoms with E-state index < -0.39 is 0 Å². The van der Waals surface area contributed by atoms with Crippen LogP contribution < -0.4 is 14.8 Å². The normalized spacial score (nSPS) is 14.1. The fourth-order valence-corrected chi connectivity index (χ4v) is 3.55. The van der Waals surface area contributed by atoms with E-state index in [1.165, 1.54) is 19.1 Å². The molecule has 0 aliphatic carbocycles. The number of amides is 3. The van der Waals surface area contributed by atoms with Crippen LogP contribution in [0.15, 0.2) is 18.2 Å². The highest BCUT2D eigenvalue weighted by Crippen LogP contribution is 2.26. The van der Waals surface area contributed by atoms with E-state index in [9.17, 15) is 14.4 Å². The van der Waals surface area contributed by atoms with Gasteiger partial charge in [0.05, 0.1) is 20.8 Å². The SMILES string of the molecule is COCCCNC(=O)CN(C)C(=O)C1CCN(C(=O)c2cc(OC)cc(OC)c2)CC1. The van der Waals surface area contributed by atoms with Crippen LogP contribution >= 0.6 is 0 Å². The van der Waals surface area contributed by atoms with Crippen molar-refractivity contribution >= 4 is 17.7 Å². The van der Waals surface area contributed by atoms with Crippen LogP contribution in [-0.4, -0.2) is 88.7 Å². The second-order valence-corrected chi connectivity index (χ2v) is 7.56. The van der Waals surface area contributed by atoms with Crippen molar-refractivity contribution in [2.75, 3.05) is 61.2 Å². The second-order valence-electron chi connectivity index (χ2n) is 7.56. The molecule has 0 bridgehead atoms. The lowest BCUT2D eigenvalue weighted by Crippen LogP contribution is -2.45. The third kappa shape index (κ3) is 7.13. The first kappa shape index (κ1) is 24.5. The van der Waals surface area contributed by atoms with Crippen LogP contribution in [0, 0.1) is 5.92 Å². The van der Waals surface area contributed by atoms with Crippen molar-refractivity contribution < 1.29 is 28.6 Å². The Labute approximate surface area is 183 Å². The summed E-state index contributed by atoms with van der Waals surface area (Å²) in [5.74, 6) is 0.528. The van der Waals surface area contributed by atoms with E-state index in [4.69, 9.17) is 14.2 Å². The zero-order valence-electron chi connectivity index (χ0n) is 18.8. The van der Waals surface area contributed by atoms with Gasteiger partial charge in [0.15, 0.2) is 0 Å². The maximum absolute atomic E-state index is 12.9. The lowest BCUT2D eigenvalue weighted by atomic mass is 9.95. The first-order chi connectivity index (χ1) is 14.9. The number of nitrogens with one attached hydrogen (secondary N) is 1. The number of hydrogen-bond donors (Lipinski definition) is 1. The van der Waals surface area contributed by atoms with Crippen molar-refractivity contribution in [2.45, 2.75) is 19.3 Å². The molecule has 1 saturated heterocycles. The Morgan fingerprint density at radius 2 is 1.68 bits per heavy atom. The van der Waals surface area contributed by atoms with Gasteiger partial charge in [-0.1, -0.05) is 0 Å².